The molecule has 0 saturated carbocycles. The van der Waals surface area contributed by atoms with Gasteiger partial charge in [0.25, 0.3) is 0 Å². The number of rotatable bonds is 7. The van der Waals surface area contributed by atoms with Crippen LogP contribution in [0.2, 0.25) is 0 Å². The van der Waals surface area contributed by atoms with Gasteiger partial charge in [-0.15, -0.1) is 0 Å². The predicted molar refractivity (Wildman–Crippen MR) is 79.1 cm³/mol. The van der Waals surface area contributed by atoms with Crippen molar-refractivity contribution in [3.63, 3.8) is 0 Å². The number of carbonyl (C=O) groups excluding carboxylic acids is 2. The molecule has 21 heavy (non-hydrogen) atoms. The number of methoxy groups -OCH3 is 1. The second-order valence-corrected chi connectivity index (χ2v) is 6.29. The van der Waals surface area contributed by atoms with Crippen molar-refractivity contribution in [2.45, 2.75) is 13.8 Å². The van der Waals surface area contributed by atoms with Crippen molar-refractivity contribution in [2.75, 3.05) is 34.1 Å². The summed E-state index contributed by atoms with van der Waals surface area (Å²) in [6.45, 7) is 9.89. The molecule has 0 saturated heterocycles. The summed E-state index contributed by atoms with van der Waals surface area (Å²) in [5.41, 5.74) is 0.733. The van der Waals surface area contributed by atoms with Gasteiger partial charge in [-0.2, -0.15) is 0 Å². The molecule has 0 aromatic rings. The molecule has 8 heteroatoms. The van der Waals surface area contributed by atoms with Crippen LogP contribution in [0.15, 0.2) is 24.3 Å². The average Bonchev–Trinajstić information content (AvgIpc) is 2.46. The van der Waals surface area contributed by atoms with Gasteiger partial charge in [-0.25, -0.2) is 9.59 Å². The van der Waals surface area contributed by atoms with Crippen LogP contribution in [-0.4, -0.2) is 46.0 Å². The Hall–Kier alpha value is -1.43. The van der Waals surface area contributed by atoms with Crippen LogP contribution in [0, 0.1) is 0 Å². The van der Waals surface area contributed by atoms with Gasteiger partial charge in [-0.1, -0.05) is 13.2 Å². The van der Waals surface area contributed by atoms with Gasteiger partial charge in [-0.05, 0) is 13.8 Å². The molecule has 0 heterocycles. The summed E-state index contributed by atoms with van der Waals surface area (Å²) in [5, 5.41) is 0. The first kappa shape index (κ1) is 21.9. The number of hydrogen-bond acceptors (Lipinski definition) is 7. The van der Waals surface area contributed by atoms with Gasteiger partial charge in [0.2, 0.25) is 0 Å². The Morgan fingerprint density at radius 2 is 1.38 bits per heavy atom. The Morgan fingerprint density at radius 3 is 1.62 bits per heavy atom. The maximum absolute atomic E-state index is 11.4. The molecule has 0 atom stereocenters. The lowest BCUT2D eigenvalue weighted by Gasteiger charge is -2.13. The van der Waals surface area contributed by atoms with Gasteiger partial charge in [0, 0.05) is 25.4 Å². The third-order valence-corrected chi connectivity index (χ3v) is 3.88. The summed E-state index contributed by atoms with van der Waals surface area (Å²) in [6.07, 6.45) is 0.0407. The molecule has 0 N–H and O–H groups in total. The summed E-state index contributed by atoms with van der Waals surface area (Å²) in [7, 11) is 0.821. The Labute approximate surface area is 125 Å². The quantitative estimate of drug-likeness (QED) is 0.404. The van der Waals surface area contributed by atoms with Crippen molar-refractivity contribution in [1.82, 2.24) is 0 Å². The second kappa shape index (κ2) is 11.3. The summed E-state index contributed by atoms with van der Waals surface area (Å²) in [5.74, 6) is -0.858. The van der Waals surface area contributed by atoms with Crippen LogP contribution >= 0.6 is 7.60 Å². The first-order valence-corrected chi connectivity index (χ1v) is 7.63. The molecule has 0 unspecified atom stereocenters. The molecule has 0 aliphatic heterocycles. The van der Waals surface area contributed by atoms with Crippen LogP contribution in [0.1, 0.15) is 13.8 Å². The second-order valence-electron chi connectivity index (χ2n) is 3.89. The minimum Gasteiger partial charge on any atom is -0.466 e. The third-order valence-electron chi connectivity index (χ3n) is 2.04. The first-order chi connectivity index (χ1) is 9.63. The molecule has 0 bridgehead atoms. The maximum atomic E-state index is 11.4. The summed E-state index contributed by atoms with van der Waals surface area (Å²) in [6, 6.07) is 0. The highest BCUT2D eigenvalue weighted by Crippen LogP contribution is 2.45. The van der Waals surface area contributed by atoms with Crippen molar-refractivity contribution in [1.29, 1.82) is 0 Å². The van der Waals surface area contributed by atoms with E-state index in [1.807, 2.05) is 0 Å². The maximum Gasteiger partial charge on any atom is 0.333 e. The van der Waals surface area contributed by atoms with Gasteiger partial charge < -0.3 is 18.5 Å². The molecule has 0 rings (SSSR count). The molecular formula is C13H23O7P. The zero-order valence-electron chi connectivity index (χ0n) is 13.1. The fourth-order valence-electron chi connectivity index (χ4n) is 0.805. The van der Waals surface area contributed by atoms with Gasteiger partial charge >= 0.3 is 19.5 Å². The van der Waals surface area contributed by atoms with Crippen molar-refractivity contribution in [3.8, 4) is 0 Å². The van der Waals surface area contributed by atoms with Crippen LogP contribution in [0.5, 0.6) is 0 Å². The lowest BCUT2D eigenvalue weighted by molar-refractivity contribution is -0.138. The minimum absolute atomic E-state index is 0.00927. The summed E-state index contributed by atoms with van der Waals surface area (Å²) < 4.78 is 29.7. The molecule has 0 aliphatic carbocycles. The van der Waals surface area contributed by atoms with Gasteiger partial charge in [0.15, 0.2) is 0 Å². The van der Waals surface area contributed by atoms with Crippen LogP contribution in [0.3, 0.4) is 0 Å². The highest BCUT2D eigenvalue weighted by Gasteiger charge is 2.21. The van der Waals surface area contributed by atoms with Crippen LogP contribution in [-0.2, 0) is 32.7 Å². The fraction of sp³-hybridized carbons (Fsp3) is 0.538. The average molecular weight is 322 g/mol. The monoisotopic (exact) mass is 322 g/mol. The van der Waals surface area contributed by atoms with E-state index in [9.17, 15) is 14.2 Å². The molecule has 0 spiro atoms. The lowest BCUT2D eigenvalue weighted by atomic mass is 10.4. The van der Waals surface area contributed by atoms with Gasteiger partial charge in [0.05, 0.1) is 13.3 Å². The smallest absolute Gasteiger partial charge is 0.333 e. The molecule has 7 nitrogen and oxygen atoms in total. The molecule has 0 aromatic heterocycles. The van der Waals surface area contributed by atoms with E-state index in [4.69, 9.17) is 4.74 Å². The van der Waals surface area contributed by atoms with Crippen molar-refractivity contribution < 1.29 is 32.7 Å². The van der Waals surface area contributed by atoms with Crippen molar-refractivity contribution in [3.05, 3.63) is 24.3 Å². The third kappa shape index (κ3) is 11.0. The Kier molecular flexibility index (Phi) is 11.7. The molecule has 0 aromatic carbocycles. The molecule has 0 aliphatic rings. The largest absolute Gasteiger partial charge is 0.466 e. The minimum atomic E-state index is -3.07. The van der Waals surface area contributed by atoms with Crippen LogP contribution < -0.4 is 0 Å². The van der Waals surface area contributed by atoms with Crippen LogP contribution in [0.4, 0.5) is 0 Å². The highest BCUT2D eigenvalue weighted by atomic mass is 31.2. The number of esters is 2. The first-order valence-electron chi connectivity index (χ1n) is 5.90. The Bertz CT molecular complexity index is 420. The standard InChI is InChI=1S/C8H15O5P.C5H8O2/c1-7(2)8(9)13-5-6-14(10,11-3)12-4;1-4(2)5(6)7-3/h1,5-6H2,2-4H3;1H2,2-3H3. The van der Waals surface area contributed by atoms with Gasteiger partial charge in [0.1, 0.15) is 6.61 Å². The number of hydrogen-bond donors (Lipinski definition) is 0. The van der Waals surface area contributed by atoms with Crippen molar-refractivity contribution >= 4 is 19.5 Å². The number of carbonyl (C=O) groups is 2. The van der Waals surface area contributed by atoms with Crippen LogP contribution in [0.25, 0.3) is 0 Å². The summed E-state index contributed by atoms with van der Waals surface area (Å²) in [4.78, 5) is 21.1. The Balaban J connectivity index is 0. The van der Waals surface area contributed by atoms with E-state index in [-0.39, 0.29) is 18.7 Å². The molecule has 0 fully saturated rings. The SMILES string of the molecule is C=C(C)C(=O)OC.C=C(C)C(=O)OCCP(=O)(OC)OC. The molecule has 0 amide bonds. The lowest BCUT2D eigenvalue weighted by Crippen LogP contribution is -2.10. The van der Waals surface area contributed by atoms with E-state index in [0.717, 1.165) is 0 Å². The van der Waals surface area contributed by atoms with E-state index in [0.29, 0.717) is 11.1 Å². The predicted octanol–water partition coefficient (Wildman–Crippen LogP) is 2.33. The summed E-state index contributed by atoms with van der Waals surface area (Å²) >= 11 is 0. The zero-order chi connectivity index (χ0) is 17.1. The number of ether oxygens (including phenoxy) is 2. The highest BCUT2D eigenvalue weighted by molar-refractivity contribution is 7.53. The van der Waals surface area contributed by atoms with E-state index in [1.165, 1.54) is 28.3 Å². The molecule has 122 valence electrons. The van der Waals surface area contributed by atoms with Crippen molar-refractivity contribution in [2.24, 2.45) is 0 Å². The normalized spacial score (nSPS) is 9.95. The fourth-order valence-corrected chi connectivity index (χ4v) is 1.63. The van der Waals surface area contributed by atoms with E-state index >= 15 is 0 Å². The molecular weight excluding hydrogens is 299 g/mol. The van der Waals surface area contributed by atoms with E-state index in [1.54, 1.807) is 6.92 Å². The van der Waals surface area contributed by atoms with Gasteiger partial charge in [-0.3, -0.25) is 4.57 Å². The Morgan fingerprint density at radius 1 is 0.952 bits per heavy atom. The zero-order valence-corrected chi connectivity index (χ0v) is 14.0. The molecule has 0 radical (unpaired) electrons. The van der Waals surface area contributed by atoms with E-state index < -0.39 is 13.6 Å². The van der Waals surface area contributed by atoms with E-state index in [2.05, 4.69) is 26.9 Å². The topological polar surface area (TPSA) is 88.1 Å².